The maximum atomic E-state index is 3.36. The summed E-state index contributed by atoms with van der Waals surface area (Å²) in [6.07, 6.45) is 2.14. The molecule has 0 unspecified atom stereocenters. The van der Waals surface area contributed by atoms with Crippen LogP contribution in [0, 0.1) is 3.78 Å². The maximum absolute atomic E-state index is 3.36. The first-order valence-corrected chi connectivity index (χ1v) is 6.79. The van der Waals surface area contributed by atoms with Crippen molar-refractivity contribution in [2.75, 3.05) is 0 Å². The molecule has 0 saturated carbocycles. The third-order valence-corrected chi connectivity index (χ3v) is 5.33. The second-order valence-electron chi connectivity index (χ2n) is 2.00. The Labute approximate surface area is 66.2 Å². The number of fused-ring (bicyclic) bond motifs is 1. The van der Waals surface area contributed by atoms with Crippen LogP contribution in [0.1, 0.15) is 5.56 Å². The molecule has 1 aliphatic heterocycles. The van der Waals surface area contributed by atoms with Crippen LogP contribution in [0.3, 0.4) is 0 Å². The van der Waals surface area contributed by atoms with E-state index in [1.54, 1.807) is 3.27 Å². The first-order chi connectivity index (χ1) is 4.47. The van der Waals surface area contributed by atoms with Gasteiger partial charge in [-0.2, -0.15) is 0 Å². The van der Waals surface area contributed by atoms with Gasteiger partial charge in [0.25, 0.3) is 0 Å². The summed E-state index contributed by atoms with van der Waals surface area (Å²) in [5.41, 5.74) is 1.42. The minimum atomic E-state index is -0.558. The normalized spacial score (nSPS) is 13.8. The Bertz CT molecular complexity index is 250. The van der Waals surface area contributed by atoms with E-state index < -0.39 is 23.2 Å². The Morgan fingerprint density at radius 1 is 1.22 bits per heavy atom. The fourth-order valence-corrected chi connectivity index (χ4v) is 4.28. The molecule has 1 radical (unpaired) electrons. The third-order valence-electron chi connectivity index (χ3n) is 1.40. The van der Waals surface area contributed by atoms with E-state index in [2.05, 4.69) is 34.1 Å². The van der Waals surface area contributed by atoms with E-state index in [0.29, 0.717) is 0 Å². The van der Waals surface area contributed by atoms with Crippen LogP contribution in [-0.2, 0) is 0 Å². The molecule has 1 aliphatic rings. The predicted molar refractivity (Wildman–Crippen MR) is 40.9 cm³/mol. The molecular formula is C8H6Bi. The van der Waals surface area contributed by atoms with Crippen molar-refractivity contribution in [1.29, 1.82) is 0 Å². The van der Waals surface area contributed by atoms with Gasteiger partial charge in [0.05, 0.1) is 0 Å². The quantitative estimate of drug-likeness (QED) is 0.614. The van der Waals surface area contributed by atoms with E-state index in [1.165, 1.54) is 5.56 Å². The van der Waals surface area contributed by atoms with E-state index in [1.807, 2.05) is 0 Å². The van der Waals surface area contributed by atoms with E-state index in [-0.39, 0.29) is 0 Å². The molecule has 1 aromatic carbocycles. The molecule has 0 N–H and O–H groups in total. The molecule has 2 rings (SSSR count). The number of rotatable bonds is 0. The van der Waals surface area contributed by atoms with Gasteiger partial charge in [0.15, 0.2) is 0 Å². The van der Waals surface area contributed by atoms with Crippen LogP contribution in [0.2, 0.25) is 0 Å². The molecule has 1 heterocycles. The average molecular weight is 311 g/mol. The van der Waals surface area contributed by atoms with Gasteiger partial charge >= 0.3 is 66.2 Å². The fraction of sp³-hybridized carbons (Fsp3) is 0. The summed E-state index contributed by atoms with van der Waals surface area (Å²) in [7, 11) is 0. The Morgan fingerprint density at radius 3 is 3.00 bits per heavy atom. The summed E-state index contributed by atoms with van der Waals surface area (Å²) in [6.45, 7) is 0. The summed E-state index contributed by atoms with van der Waals surface area (Å²) in [5.74, 6) is 0. The average Bonchev–Trinajstić information content (AvgIpc) is 2.33. The van der Waals surface area contributed by atoms with Crippen molar-refractivity contribution in [1.82, 2.24) is 0 Å². The van der Waals surface area contributed by atoms with Crippen LogP contribution in [-0.4, -0.2) is 23.2 Å². The van der Waals surface area contributed by atoms with Crippen molar-refractivity contribution >= 4 is 32.6 Å². The zero-order valence-corrected chi connectivity index (χ0v) is 8.77. The molecule has 0 nitrogen and oxygen atoms in total. The van der Waals surface area contributed by atoms with Gasteiger partial charge in [0.2, 0.25) is 0 Å². The van der Waals surface area contributed by atoms with Crippen LogP contribution in [0.25, 0.3) is 6.08 Å². The van der Waals surface area contributed by atoms with Gasteiger partial charge in [0.1, 0.15) is 0 Å². The monoisotopic (exact) mass is 311 g/mol. The van der Waals surface area contributed by atoms with Gasteiger partial charge < -0.3 is 0 Å². The second kappa shape index (κ2) is 2.23. The van der Waals surface area contributed by atoms with Crippen LogP contribution in [0.4, 0.5) is 0 Å². The molecule has 0 aromatic heterocycles. The first kappa shape index (κ1) is 5.61. The molecule has 0 bridgehead atoms. The van der Waals surface area contributed by atoms with Crippen LogP contribution in [0.15, 0.2) is 24.3 Å². The van der Waals surface area contributed by atoms with E-state index in [9.17, 15) is 0 Å². The van der Waals surface area contributed by atoms with Crippen LogP contribution in [0.5, 0.6) is 0 Å². The zero-order chi connectivity index (χ0) is 6.10. The molecular weight excluding hydrogens is 305 g/mol. The Balaban J connectivity index is 2.63. The zero-order valence-electron chi connectivity index (χ0n) is 4.89. The van der Waals surface area contributed by atoms with Crippen molar-refractivity contribution in [3.05, 3.63) is 33.6 Å². The molecule has 9 heavy (non-hydrogen) atoms. The van der Waals surface area contributed by atoms with Crippen molar-refractivity contribution in [3.63, 3.8) is 0 Å². The van der Waals surface area contributed by atoms with Crippen molar-refractivity contribution in [3.8, 4) is 0 Å². The third kappa shape index (κ3) is 0.944. The second-order valence-corrected chi connectivity index (χ2v) is 6.19. The van der Waals surface area contributed by atoms with Gasteiger partial charge in [-0.15, -0.1) is 0 Å². The summed E-state index contributed by atoms with van der Waals surface area (Å²) >= 11 is -0.558. The van der Waals surface area contributed by atoms with Crippen molar-refractivity contribution < 1.29 is 0 Å². The topological polar surface area (TPSA) is 0 Å². The van der Waals surface area contributed by atoms with E-state index >= 15 is 0 Å². The molecule has 0 atom stereocenters. The summed E-state index contributed by atoms with van der Waals surface area (Å²) in [4.78, 5) is 0. The summed E-state index contributed by atoms with van der Waals surface area (Å²) in [5, 5.41) is 0. The van der Waals surface area contributed by atoms with Gasteiger partial charge in [-0.1, -0.05) is 0 Å². The molecule has 0 saturated heterocycles. The minimum absolute atomic E-state index is 0.558. The van der Waals surface area contributed by atoms with Gasteiger partial charge in [-0.3, -0.25) is 0 Å². The molecule has 1 aromatic rings. The number of hydrogen-bond acceptors (Lipinski definition) is 0. The SMILES string of the molecule is [C]1=Cc2cccc[c]2[BiH]1. The molecule has 1 heteroatoms. The first-order valence-electron chi connectivity index (χ1n) is 2.90. The molecule has 43 valence electrons. The van der Waals surface area contributed by atoms with E-state index in [4.69, 9.17) is 0 Å². The Kier molecular flexibility index (Phi) is 1.39. The molecule has 0 fully saturated rings. The Morgan fingerprint density at radius 2 is 2.11 bits per heavy atom. The van der Waals surface area contributed by atoms with Gasteiger partial charge in [-0.25, -0.2) is 0 Å². The molecule has 0 spiro atoms. The van der Waals surface area contributed by atoms with E-state index in [0.717, 1.165) is 0 Å². The van der Waals surface area contributed by atoms with Gasteiger partial charge in [-0.05, 0) is 0 Å². The fourth-order valence-electron chi connectivity index (χ4n) is 0.928. The number of benzene rings is 1. The Hall–Kier alpha value is -0.157. The number of hydrogen-bond donors (Lipinski definition) is 0. The summed E-state index contributed by atoms with van der Waals surface area (Å²) < 4.78 is 4.95. The van der Waals surface area contributed by atoms with Gasteiger partial charge in [0, 0.05) is 0 Å². The standard InChI is InChI=1S/C8H5.Bi.H/c1-2-8-6-4-3-5-7-8;;/h2-6H;;. The molecule has 0 aliphatic carbocycles. The predicted octanol–water partition coefficient (Wildman–Crippen LogP) is 0.536. The van der Waals surface area contributed by atoms with Crippen LogP contribution < -0.4 is 3.27 Å². The van der Waals surface area contributed by atoms with Crippen molar-refractivity contribution in [2.45, 2.75) is 0 Å². The summed E-state index contributed by atoms with van der Waals surface area (Å²) in [6, 6.07) is 8.61. The molecule has 0 amide bonds. The van der Waals surface area contributed by atoms with Crippen LogP contribution >= 0.6 is 0 Å². The van der Waals surface area contributed by atoms with Crippen molar-refractivity contribution in [2.24, 2.45) is 0 Å².